The van der Waals surface area contributed by atoms with Crippen LogP contribution in [0.25, 0.3) is 0 Å². The van der Waals surface area contributed by atoms with E-state index in [1.807, 2.05) is 24.3 Å². The quantitative estimate of drug-likeness (QED) is 0.864. The lowest BCUT2D eigenvalue weighted by molar-refractivity contribution is -0.138. The van der Waals surface area contributed by atoms with Gasteiger partial charge in [-0.3, -0.25) is 4.79 Å². The highest BCUT2D eigenvalue weighted by molar-refractivity contribution is 9.10. The maximum atomic E-state index is 10.6. The summed E-state index contributed by atoms with van der Waals surface area (Å²) in [5.74, 6) is -0.584. The molecule has 2 nitrogen and oxygen atoms in total. The molecule has 3 heteroatoms. The lowest BCUT2D eigenvalue weighted by atomic mass is 10.1. The zero-order valence-electron chi connectivity index (χ0n) is 6.90. The van der Waals surface area contributed by atoms with Gasteiger partial charge in [-0.2, -0.15) is 0 Å². The molecule has 0 aromatic heterocycles. The first-order valence-electron chi connectivity index (χ1n) is 4.17. The van der Waals surface area contributed by atoms with E-state index >= 15 is 0 Å². The molecule has 1 N–H and O–H groups in total. The van der Waals surface area contributed by atoms with Crippen molar-refractivity contribution in [3.05, 3.63) is 34.3 Å². The van der Waals surface area contributed by atoms with Gasteiger partial charge in [0.1, 0.15) is 0 Å². The van der Waals surface area contributed by atoms with Gasteiger partial charge in [-0.25, -0.2) is 0 Å². The number of carboxylic acid groups (broad SMARTS) is 1. The van der Waals surface area contributed by atoms with Gasteiger partial charge in [0.25, 0.3) is 0 Å². The minimum Gasteiger partial charge on any atom is -0.481 e. The van der Waals surface area contributed by atoms with Crippen LogP contribution in [0.2, 0.25) is 0 Å². The summed E-state index contributed by atoms with van der Waals surface area (Å²) in [4.78, 5) is 10.6. The van der Waals surface area contributed by atoms with Crippen LogP contribution in [0.3, 0.4) is 0 Å². The molecule has 0 aliphatic heterocycles. The predicted molar refractivity (Wildman–Crippen MR) is 52.6 cm³/mol. The maximum absolute atomic E-state index is 10.6. The molecule has 2 rings (SSSR count). The van der Waals surface area contributed by atoms with Gasteiger partial charge < -0.3 is 5.11 Å². The lowest BCUT2D eigenvalue weighted by Gasteiger charge is -1.97. The summed E-state index contributed by atoms with van der Waals surface area (Å²) in [6.07, 6.45) is 0.789. The molecule has 1 aliphatic carbocycles. The smallest absolute Gasteiger partial charge is 0.307 e. The third-order valence-electron chi connectivity index (χ3n) is 2.41. The Balaban J connectivity index is 2.12. The first-order valence-corrected chi connectivity index (χ1v) is 4.96. The molecular formula is C10H9BrO2. The van der Waals surface area contributed by atoms with Crippen molar-refractivity contribution in [2.24, 2.45) is 5.92 Å². The molecule has 0 saturated heterocycles. The molecule has 1 aromatic rings. The van der Waals surface area contributed by atoms with Crippen LogP contribution in [0.5, 0.6) is 0 Å². The van der Waals surface area contributed by atoms with E-state index in [1.54, 1.807) is 0 Å². The highest BCUT2D eigenvalue weighted by Crippen LogP contribution is 2.47. The highest BCUT2D eigenvalue weighted by atomic mass is 79.9. The van der Waals surface area contributed by atoms with Gasteiger partial charge in [-0.05, 0) is 30.0 Å². The van der Waals surface area contributed by atoms with Crippen molar-refractivity contribution in [3.63, 3.8) is 0 Å². The minimum absolute atomic E-state index is 0.152. The zero-order valence-corrected chi connectivity index (χ0v) is 8.49. The highest BCUT2D eigenvalue weighted by Gasteiger charge is 2.43. The molecule has 0 spiro atoms. The van der Waals surface area contributed by atoms with Crippen molar-refractivity contribution in [2.45, 2.75) is 12.3 Å². The van der Waals surface area contributed by atoms with Gasteiger partial charge in [0, 0.05) is 4.47 Å². The summed E-state index contributed by atoms with van der Waals surface area (Å²) in [5, 5.41) is 8.73. The molecule has 0 heterocycles. The lowest BCUT2D eigenvalue weighted by Crippen LogP contribution is -1.98. The average Bonchev–Trinajstić information content (AvgIpc) is 2.85. The second-order valence-corrected chi connectivity index (χ2v) is 4.25. The summed E-state index contributed by atoms with van der Waals surface area (Å²) in [5.41, 5.74) is 1.13. The molecule has 1 saturated carbocycles. The van der Waals surface area contributed by atoms with Crippen molar-refractivity contribution >= 4 is 21.9 Å². The van der Waals surface area contributed by atoms with E-state index in [0.717, 1.165) is 16.5 Å². The van der Waals surface area contributed by atoms with Gasteiger partial charge in [0.05, 0.1) is 5.92 Å². The average molecular weight is 241 g/mol. The van der Waals surface area contributed by atoms with E-state index in [-0.39, 0.29) is 11.8 Å². The Hall–Kier alpha value is -0.830. The van der Waals surface area contributed by atoms with Crippen LogP contribution < -0.4 is 0 Å². The molecular weight excluding hydrogens is 232 g/mol. The number of carboxylic acids is 1. The fourth-order valence-electron chi connectivity index (χ4n) is 1.55. The van der Waals surface area contributed by atoms with Gasteiger partial charge in [-0.1, -0.05) is 28.1 Å². The fourth-order valence-corrected chi connectivity index (χ4v) is 1.81. The van der Waals surface area contributed by atoms with Crippen molar-refractivity contribution in [3.8, 4) is 0 Å². The normalized spacial score (nSPS) is 25.6. The van der Waals surface area contributed by atoms with Crippen LogP contribution in [0, 0.1) is 5.92 Å². The van der Waals surface area contributed by atoms with E-state index < -0.39 is 5.97 Å². The second-order valence-electron chi connectivity index (χ2n) is 3.34. The molecule has 2 atom stereocenters. The molecule has 0 radical (unpaired) electrons. The summed E-state index contributed by atoms with van der Waals surface area (Å²) in [7, 11) is 0. The Morgan fingerprint density at radius 1 is 1.38 bits per heavy atom. The molecule has 68 valence electrons. The molecule has 1 aliphatic rings. The summed E-state index contributed by atoms with van der Waals surface area (Å²) in [6, 6.07) is 7.87. The molecule has 1 fully saturated rings. The van der Waals surface area contributed by atoms with Crippen LogP contribution >= 0.6 is 15.9 Å². The van der Waals surface area contributed by atoms with Gasteiger partial charge in [0.15, 0.2) is 0 Å². The number of benzene rings is 1. The monoisotopic (exact) mass is 240 g/mol. The number of carbonyl (C=O) groups is 1. The SMILES string of the molecule is O=C(O)[C@H]1C[C@@H]1c1ccc(Br)cc1. The first kappa shape index (κ1) is 8.75. The van der Waals surface area contributed by atoms with E-state index in [2.05, 4.69) is 15.9 Å². The maximum Gasteiger partial charge on any atom is 0.307 e. The largest absolute Gasteiger partial charge is 0.481 e. The summed E-state index contributed by atoms with van der Waals surface area (Å²) < 4.78 is 1.03. The Bertz CT molecular complexity index is 331. The van der Waals surface area contributed by atoms with Crippen LogP contribution in [0.15, 0.2) is 28.7 Å². The van der Waals surface area contributed by atoms with Crippen molar-refractivity contribution in [2.75, 3.05) is 0 Å². The molecule has 0 bridgehead atoms. The summed E-state index contributed by atoms with van der Waals surface area (Å²) >= 11 is 3.34. The molecule has 1 aromatic carbocycles. The van der Waals surface area contributed by atoms with E-state index in [0.29, 0.717) is 0 Å². The Labute approximate surface area is 84.7 Å². The number of halogens is 1. The van der Waals surface area contributed by atoms with Gasteiger partial charge in [-0.15, -0.1) is 0 Å². The van der Waals surface area contributed by atoms with Crippen molar-refractivity contribution < 1.29 is 9.90 Å². The van der Waals surface area contributed by atoms with Gasteiger partial charge >= 0.3 is 5.97 Å². The number of rotatable bonds is 2. The topological polar surface area (TPSA) is 37.3 Å². The van der Waals surface area contributed by atoms with Crippen LogP contribution in [0.1, 0.15) is 17.9 Å². The van der Waals surface area contributed by atoms with Crippen molar-refractivity contribution in [1.82, 2.24) is 0 Å². The number of aliphatic carboxylic acids is 1. The second kappa shape index (κ2) is 3.14. The predicted octanol–water partition coefficient (Wildman–Crippen LogP) is 2.64. The third kappa shape index (κ3) is 1.75. The van der Waals surface area contributed by atoms with E-state index in [1.165, 1.54) is 0 Å². The molecule has 0 unspecified atom stereocenters. The Morgan fingerprint density at radius 3 is 2.46 bits per heavy atom. The van der Waals surface area contributed by atoms with Crippen LogP contribution in [-0.4, -0.2) is 11.1 Å². The standard InChI is InChI=1S/C10H9BrO2/c11-7-3-1-6(2-4-7)8-5-9(8)10(12)13/h1-4,8-9H,5H2,(H,12,13)/t8-,9+/m1/s1. The van der Waals surface area contributed by atoms with E-state index in [9.17, 15) is 4.79 Å². The van der Waals surface area contributed by atoms with Gasteiger partial charge in [0.2, 0.25) is 0 Å². The molecule has 13 heavy (non-hydrogen) atoms. The first-order chi connectivity index (χ1) is 6.18. The van der Waals surface area contributed by atoms with Crippen molar-refractivity contribution in [1.29, 1.82) is 0 Å². The van der Waals surface area contributed by atoms with Crippen LogP contribution in [-0.2, 0) is 4.79 Å². The minimum atomic E-state index is -0.673. The number of hydrogen-bond donors (Lipinski definition) is 1. The molecule has 0 amide bonds. The fraction of sp³-hybridized carbons (Fsp3) is 0.300. The summed E-state index contributed by atoms with van der Waals surface area (Å²) in [6.45, 7) is 0. The Kier molecular flexibility index (Phi) is 2.12. The van der Waals surface area contributed by atoms with E-state index in [4.69, 9.17) is 5.11 Å². The zero-order chi connectivity index (χ0) is 9.42. The van der Waals surface area contributed by atoms with Crippen LogP contribution in [0.4, 0.5) is 0 Å². The number of hydrogen-bond acceptors (Lipinski definition) is 1. The Morgan fingerprint density at radius 2 is 2.00 bits per heavy atom. The third-order valence-corrected chi connectivity index (χ3v) is 2.93.